The molecule has 0 radical (unpaired) electrons. The molecule has 1 heteroatoms. The second-order valence-electron chi connectivity index (χ2n) is 4.14. The maximum atomic E-state index is 5.70. The van der Waals surface area contributed by atoms with Gasteiger partial charge in [0.15, 0.2) is 0 Å². The molecular weight excluding hydrogens is 196 g/mol. The minimum atomic E-state index is 0.503. The van der Waals surface area contributed by atoms with Crippen LogP contribution >= 0.6 is 0 Å². The minimum Gasteiger partial charge on any atom is -0.376 e. The van der Waals surface area contributed by atoms with Crippen molar-refractivity contribution in [2.75, 3.05) is 6.61 Å². The lowest BCUT2D eigenvalue weighted by Crippen LogP contribution is -2.07. The maximum absolute atomic E-state index is 5.70. The van der Waals surface area contributed by atoms with E-state index in [1.165, 1.54) is 24.8 Å². The molecule has 0 N–H and O–H groups in total. The highest BCUT2D eigenvalue weighted by atomic mass is 16.5. The van der Waals surface area contributed by atoms with Crippen LogP contribution < -0.4 is 0 Å². The Balaban J connectivity index is 2.20. The Kier molecular flexibility index (Phi) is 6.59. The summed E-state index contributed by atoms with van der Waals surface area (Å²) >= 11 is 0. The summed E-state index contributed by atoms with van der Waals surface area (Å²) in [4.78, 5) is 0. The van der Waals surface area contributed by atoms with Crippen molar-refractivity contribution in [3.8, 4) is 0 Å². The summed E-state index contributed by atoms with van der Waals surface area (Å²) in [5, 5.41) is 0. The summed E-state index contributed by atoms with van der Waals surface area (Å²) in [6.45, 7) is 7.57. The molecule has 0 heterocycles. The summed E-state index contributed by atoms with van der Waals surface area (Å²) in [6, 6.07) is 10.3. The third-order valence-electron chi connectivity index (χ3n) is 2.71. The van der Waals surface area contributed by atoms with E-state index < -0.39 is 0 Å². The second-order valence-corrected chi connectivity index (χ2v) is 4.14. The van der Waals surface area contributed by atoms with E-state index in [2.05, 4.69) is 25.6 Å². The first-order chi connectivity index (χ1) is 7.86. The highest BCUT2D eigenvalue weighted by Crippen LogP contribution is 2.11. The molecule has 0 saturated carbocycles. The number of hydrogen-bond donors (Lipinski definition) is 0. The zero-order valence-corrected chi connectivity index (χ0v) is 10.2. The van der Waals surface area contributed by atoms with Gasteiger partial charge in [0.25, 0.3) is 0 Å². The summed E-state index contributed by atoms with van der Waals surface area (Å²) in [6.07, 6.45) is 5.70. The fourth-order valence-electron chi connectivity index (χ4n) is 1.64. The summed E-state index contributed by atoms with van der Waals surface area (Å²) < 4.78 is 5.70. The Labute approximate surface area is 99.1 Å². The molecule has 16 heavy (non-hydrogen) atoms. The molecule has 0 unspecified atom stereocenters. The zero-order valence-electron chi connectivity index (χ0n) is 10.2. The lowest BCUT2D eigenvalue weighted by Gasteiger charge is -2.12. The van der Waals surface area contributed by atoms with Crippen LogP contribution in [0, 0.1) is 5.92 Å². The van der Waals surface area contributed by atoms with Gasteiger partial charge in [0.1, 0.15) is 0 Å². The molecule has 88 valence electrons. The summed E-state index contributed by atoms with van der Waals surface area (Å²) in [7, 11) is 0. The second kappa shape index (κ2) is 8.12. The molecule has 0 aliphatic rings. The van der Waals surface area contributed by atoms with Gasteiger partial charge in [-0.15, -0.1) is 6.58 Å². The van der Waals surface area contributed by atoms with Crippen molar-refractivity contribution >= 4 is 0 Å². The number of benzene rings is 1. The van der Waals surface area contributed by atoms with E-state index in [-0.39, 0.29) is 0 Å². The van der Waals surface area contributed by atoms with Crippen molar-refractivity contribution in [1.29, 1.82) is 0 Å². The van der Waals surface area contributed by atoms with E-state index in [1.807, 2.05) is 24.3 Å². The first kappa shape index (κ1) is 13.0. The van der Waals surface area contributed by atoms with Crippen molar-refractivity contribution < 1.29 is 4.74 Å². The number of rotatable bonds is 8. The molecular formula is C15H22O. The largest absolute Gasteiger partial charge is 0.376 e. The fraction of sp³-hybridized carbons (Fsp3) is 0.467. The standard InChI is InChI=1S/C15H22O/c1-3-5-9-14(4-2)12-16-13-15-10-7-6-8-11-15/h4,6-8,10-11,14H,2-3,5,9,12-13H2,1H3/t14-/m1/s1. The van der Waals surface area contributed by atoms with Gasteiger partial charge in [-0.3, -0.25) is 0 Å². The maximum Gasteiger partial charge on any atom is 0.0717 e. The Morgan fingerprint density at radius 2 is 2.06 bits per heavy atom. The highest BCUT2D eigenvalue weighted by Gasteiger charge is 2.03. The van der Waals surface area contributed by atoms with Gasteiger partial charge in [-0.25, -0.2) is 0 Å². The third-order valence-corrected chi connectivity index (χ3v) is 2.71. The fourth-order valence-corrected chi connectivity index (χ4v) is 1.64. The lowest BCUT2D eigenvalue weighted by atomic mass is 10.0. The van der Waals surface area contributed by atoms with Gasteiger partial charge in [-0.05, 0) is 17.9 Å². The summed E-state index contributed by atoms with van der Waals surface area (Å²) in [5.74, 6) is 0.503. The molecule has 0 aromatic heterocycles. The van der Waals surface area contributed by atoms with Crippen LogP contribution in [0.2, 0.25) is 0 Å². The van der Waals surface area contributed by atoms with E-state index in [1.54, 1.807) is 0 Å². The molecule has 0 saturated heterocycles. The number of unbranched alkanes of at least 4 members (excludes halogenated alkanes) is 1. The predicted octanol–water partition coefficient (Wildman–Crippen LogP) is 4.20. The number of ether oxygens (including phenoxy) is 1. The molecule has 0 aliphatic carbocycles. The zero-order chi connectivity index (χ0) is 11.6. The lowest BCUT2D eigenvalue weighted by molar-refractivity contribution is 0.0967. The normalized spacial score (nSPS) is 12.3. The average Bonchev–Trinajstić information content (AvgIpc) is 2.35. The van der Waals surface area contributed by atoms with Crippen molar-refractivity contribution in [3.63, 3.8) is 0 Å². The average molecular weight is 218 g/mol. The van der Waals surface area contributed by atoms with Gasteiger partial charge in [-0.1, -0.05) is 56.2 Å². The molecule has 1 rings (SSSR count). The van der Waals surface area contributed by atoms with Crippen LogP contribution in [0.3, 0.4) is 0 Å². The molecule has 1 aromatic carbocycles. The van der Waals surface area contributed by atoms with Crippen molar-refractivity contribution in [1.82, 2.24) is 0 Å². The molecule has 1 nitrogen and oxygen atoms in total. The van der Waals surface area contributed by atoms with Crippen LogP contribution in [0.4, 0.5) is 0 Å². The summed E-state index contributed by atoms with van der Waals surface area (Å²) in [5.41, 5.74) is 1.24. The van der Waals surface area contributed by atoms with Crippen LogP contribution in [0.1, 0.15) is 31.7 Å². The molecule has 1 atom stereocenters. The van der Waals surface area contributed by atoms with E-state index in [0.29, 0.717) is 12.5 Å². The number of hydrogen-bond acceptors (Lipinski definition) is 1. The molecule has 1 aromatic rings. The Bertz CT molecular complexity index is 279. The van der Waals surface area contributed by atoms with E-state index in [0.717, 1.165) is 6.61 Å². The van der Waals surface area contributed by atoms with Gasteiger partial charge in [0.05, 0.1) is 13.2 Å². The first-order valence-electron chi connectivity index (χ1n) is 6.11. The molecule has 0 bridgehead atoms. The van der Waals surface area contributed by atoms with Gasteiger partial charge < -0.3 is 4.74 Å². The van der Waals surface area contributed by atoms with Crippen LogP contribution in [0.5, 0.6) is 0 Å². The topological polar surface area (TPSA) is 9.23 Å². The van der Waals surface area contributed by atoms with Crippen LogP contribution in [-0.4, -0.2) is 6.61 Å². The monoisotopic (exact) mass is 218 g/mol. The smallest absolute Gasteiger partial charge is 0.0717 e. The van der Waals surface area contributed by atoms with Crippen LogP contribution in [0.15, 0.2) is 43.0 Å². The Morgan fingerprint density at radius 3 is 2.69 bits per heavy atom. The van der Waals surface area contributed by atoms with Gasteiger partial charge in [-0.2, -0.15) is 0 Å². The Hall–Kier alpha value is -1.08. The highest BCUT2D eigenvalue weighted by molar-refractivity contribution is 5.13. The van der Waals surface area contributed by atoms with Crippen molar-refractivity contribution in [2.45, 2.75) is 32.8 Å². The molecule has 0 amide bonds. The predicted molar refractivity (Wildman–Crippen MR) is 69.3 cm³/mol. The molecule has 0 spiro atoms. The van der Waals surface area contributed by atoms with Gasteiger partial charge in [0.2, 0.25) is 0 Å². The van der Waals surface area contributed by atoms with Crippen molar-refractivity contribution in [2.24, 2.45) is 5.92 Å². The van der Waals surface area contributed by atoms with Crippen LogP contribution in [-0.2, 0) is 11.3 Å². The van der Waals surface area contributed by atoms with Crippen molar-refractivity contribution in [3.05, 3.63) is 48.6 Å². The van der Waals surface area contributed by atoms with Crippen LogP contribution in [0.25, 0.3) is 0 Å². The van der Waals surface area contributed by atoms with E-state index in [9.17, 15) is 0 Å². The third kappa shape index (κ3) is 5.13. The first-order valence-corrected chi connectivity index (χ1v) is 6.11. The quantitative estimate of drug-likeness (QED) is 0.594. The van der Waals surface area contributed by atoms with E-state index in [4.69, 9.17) is 4.74 Å². The Morgan fingerprint density at radius 1 is 1.31 bits per heavy atom. The molecule has 0 aliphatic heterocycles. The SMILES string of the molecule is C=C[C@H](CCCC)COCc1ccccc1. The minimum absolute atomic E-state index is 0.503. The van der Waals surface area contributed by atoms with E-state index >= 15 is 0 Å². The molecule has 0 fully saturated rings. The van der Waals surface area contributed by atoms with Gasteiger partial charge >= 0.3 is 0 Å². The van der Waals surface area contributed by atoms with Gasteiger partial charge in [0, 0.05) is 0 Å².